The van der Waals surface area contributed by atoms with Crippen LogP contribution in [0.25, 0.3) is 0 Å². The molecule has 0 aliphatic carbocycles. The van der Waals surface area contributed by atoms with E-state index in [1.807, 2.05) is 29.2 Å². The van der Waals surface area contributed by atoms with Crippen LogP contribution in [-0.4, -0.2) is 73.3 Å². The SMILES string of the molecule is CO.COc1ccc(N2CCN(C(=O)CCc3ccccc3)CC2)cc1O.NCO. The summed E-state index contributed by atoms with van der Waals surface area (Å²) in [7, 11) is 2.54. The second-order valence-electron chi connectivity index (χ2n) is 6.39. The third-order valence-electron chi connectivity index (χ3n) is 4.63. The number of phenolic OH excluding ortho intramolecular Hbond substituents is 1. The van der Waals surface area contributed by atoms with Gasteiger partial charge in [-0.1, -0.05) is 30.3 Å². The standard InChI is InChI=1S/C20H24N2O3.CH5NO.CH4O/c1-25-19-9-8-17(15-18(19)23)21-11-13-22(14-12-21)20(24)10-7-16-5-3-2-4-6-16;2-1-3;1-2/h2-6,8-9,15,23H,7,10-14H2,1H3;3H,1-2H2;2H,1H3. The van der Waals surface area contributed by atoms with Crippen LogP contribution in [0.1, 0.15) is 12.0 Å². The number of carbonyl (C=O) groups excluding carboxylic acids is 1. The first kappa shape index (κ1) is 25.2. The molecule has 0 spiro atoms. The van der Waals surface area contributed by atoms with Gasteiger partial charge in [-0.25, -0.2) is 0 Å². The fourth-order valence-corrected chi connectivity index (χ4v) is 3.14. The van der Waals surface area contributed by atoms with Gasteiger partial charge in [0.25, 0.3) is 0 Å². The number of aromatic hydroxyl groups is 1. The molecule has 0 bridgehead atoms. The Kier molecular flexibility index (Phi) is 12.0. The van der Waals surface area contributed by atoms with Gasteiger partial charge >= 0.3 is 0 Å². The van der Waals surface area contributed by atoms with Crippen LogP contribution < -0.4 is 15.4 Å². The molecule has 3 rings (SSSR count). The summed E-state index contributed by atoms with van der Waals surface area (Å²) in [6.45, 7) is 2.70. The minimum atomic E-state index is -0.250. The number of benzene rings is 2. The number of piperazine rings is 1. The second kappa shape index (κ2) is 14.2. The van der Waals surface area contributed by atoms with Crippen molar-refractivity contribution in [3.05, 3.63) is 54.1 Å². The van der Waals surface area contributed by atoms with Crippen molar-refractivity contribution in [3.8, 4) is 11.5 Å². The highest BCUT2D eigenvalue weighted by Gasteiger charge is 2.21. The zero-order valence-electron chi connectivity index (χ0n) is 17.7. The van der Waals surface area contributed by atoms with Crippen molar-refractivity contribution in [2.24, 2.45) is 5.73 Å². The number of hydrogen-bond acceptors (Lipinski definition) is 7. The van der Waals surface area contributed by atoms with Crippen LogP contribution in [0.3, 0.4) is 0 Å². The van der Waals surface area contributed by atoms with E-state index in [9.17, 15) is 9.90 Å². The van der Waals surface area contributed by atoms with Gasteiger partial charge in [0.15, 0.2) is 11.5 Å². The van der Waals surface area contributed by atoms with Crippen LogP contribution in [0.2, 0.25) is 0 Å². The number of aryl methyl sites for hydroxylation is 1. The Morgan fingerprint density at radius 2 is 1.67 bits per heavy atom. The summed E-state index contributed by atoms with van der Waals surface area (Å²) in [5, 5.41) is 24.3. The summed E-state index contributed by atoms with van der Waals surface area (Å²) < 4.78 is 5.08. The number of amides is 1. The monoisotopic (exact) mass is 419 g/mol. The van der Waals surface area contributed by atoms with Gasteiger partial charge in [0.2, 0.25) is 5.91 Å². The number of carbonyl (C=O) groups is 1. The average molecular weight is 420 g/mol. The lowest BCUT2D eigenvalue weighted by Gasteiger charge is -2.36. The van der Waals surface area contributed by atoms with Crippen molar-refractivity contribution < 1.29 is 24.9 Å². The summed E-state index contributed by atoms with van der Waals surface area (Å²) in [5.74, 6) is 0.820. The molecule has 1 saturated heterocycles. The normalized spacial score (nSPS) is 12.8. The molecule has 0 unspecified atom stereocenters. The molecule has 1 aliphatic heterocycles. The molecule has 0 atom stereocenters. The molecule has 0 radical (unpaired) electrons. The largest absolute Gasteiger partial charge is 0.504 e. The average Bonchev–Trinajstić information content (AvgIpc) is 2.80. The van der Waals surface area contributed by atoms with Crippen LogP contribution in [0.15, 0.2) is 48.5 Å². The number of hydrogen-bond donors (Lipinski definition) is 4. The molecule has 8 nitrogen and oxygen atoms in total. The zero-order chi connectivity index (χ0) is 22.4. The number of nitrogens with two attached hydrogens (primary N) is 1. The maximum absolute atomic E-state index is 12.4. The Balaban J connectivity index is 0.000000826. The molecule has 1 amide bonds. The van der Waals surface area contributed by atoms with Crippen LogP contribution in [-0.2, 0) is 11.2 Å². The Morgan fingerprint density at radius 3 is 2.20 bits per heavy atom. The van der Waals surface area contributed by atoms with E-state index in [1.54, 1.807) is 12.1 Å². The zero-order valence-corrected chi connectivity index (χ0v) is 17.7. The maximum Gasteiger partial charge on any atom is 0.223 e. The van der Waals surface area contributed by atoms with Crippen LogP contribution in [0.4, 0.5) is 5.69 Å². The fourth-order valence-electron chi connectivity index (χ4n) is 3.14. The van der Waals surface area contributed by atoms with E-state index < -0.39 is 0 Å². The summed E-state index contributed by atoms with van der Waals surface area (Å²) in [4.78, 5) is 16.5. The van der Waals surface area contributed by atoms with E-state index in [-0.39, 0.29) is 18.4 Å². The third-order valence-corrected chi connectivity index (χ3v) is 4.63. The van der Waals surface area contributed by atoms with Gasteiger partial charge < -0.3 is 35.6 Å². The molecular weight excluding hydrogens is 386 g/mol. The molecule has 0 aromatic heterocycles. The second-order valence-corrected chi connectivity index (χ2v) is 6.39. The first-order valence-electron chi connectivity index (χ1n) is 9.78. The number of phenols is 1. The molecule has 8 heteroatoms. The number of aliphatic hydroxyl groups is 2. The van der Waals surface area contributed by atoms with Gasteiger partial charge in [-0.15, -0.1) is 0 Å². The van der Waals surface area contributed by atoms with Crippen molar-refractivity contribution in [3.63, 3.8) is 0 Å². The van der Waals surface area contributed by atoms with Crippen molar-refractivity contribution in [1.82, 2.24) is 4.90 Å². The van der Waals surface area contributed by atoms with Gasteiger partial charge in [-0.3, -0.25) is 4.79 Å². The minimum Gasteiger partial charge on any atom is -0.504 e. The number of ether oxygens (including phenoxy) is 1. The Labute approximate surface area is 178 Å². The highest BCUT2D eigenvalue weighted by molar-refractivity contribution is 5.76. The van der Waals surface area contributed by atoms with Crippen molar-refractivity contribution >= 4 is 11.6 Å². The molecule has 1 fully saturated rings. The number of nitrogens with zero attached hydrogens (tertiary/aromatic N) is 2. The van der Waals surface area contributed by atoms with Gasteiger partial charge in [-0.2, -0.15) is 0 Å². The van der Waals surface area contributed by atoms with Crippen molar-refractivity contribution in [1.29, 1.82) is 0 Å². The smallest absolute Gasteiger partial charge is 0.223 e. The number of aliphatic hydroxyl groups excluding tert-OH is 2. The topological polar surface area (TPSA) is 119 Å². The van der Waals surface area contributed by atoms with Gasteiger partial charge in [-0.05, 0) is 24.1 Å². The molecule has 1 aliphatic rings. The lowest BCUT2D eigenvalue weighted by molar-refractivity contribution is -0.131. The predicted molar refractivity (Wildman–Crippen MR) is 118 cm³/mol. The highest BCUT2D eigenvalue weighted by Crippen LogP contribution is 2.30. The van der Waals surface area contributed by atoms with Crippen LogP contribution >= 0.6 is 0 Å². The quantitative estimate of drug-likeness (QED) is 0.537. The molecular formula is C22H33N3O5. The van der Waals surface area contributed by atoms with Crippen LogP contribution in [0, 0.1) is 0 Å². The third kappa shape index (κ3) is 7.90. The Morgan fingerprint density at radius 1 is 1.07 bits per heavy atom. The molecule has 2 aromatic carbocycles. The fraction of sp³-hybridized carbons (Fsp3) is 0.409. The Bertz CT molecular complexity index is 735. The lowest BCUT2D eigenvalue weighted by Crippen LogP contribution is -2.48. The number of rotatable bonds is 5. The first-order chi connectivity index (χ1) is 14.6. The first-order valence-corrected chi connectivity index (χ1v) is 9.78. The molecule has 2 aromatic rings. The van der Waals surface area contributed by atoms with Crippen molar-refractivity contribution in [2.75, 3.05) is 52.0 Å². The minimum absolute atomic E-state index is 0.140. The van der Waals surface area contributed by atoms with E-state index in [4.69, 9.17) is 14.9 Å². The number of anilines is 1. The van der Waals surface area contributed by atoms with E-state index in [0.717, 1.165) is 32.3 Å². The summed E-state index contributed by atoms with van der Waals surface area (Å²) in [5.41, 5.74) is 6.55. The summed E-state index contributed by atoms with van der Waals surface area (Å²) >= 11 is 0. The van der Waals surface area contributed by atoms with E-state index in [2.05, 4.69) is 22.8 Å². The molecule has 166 valence electrons. The molecule has 0 saturated carbocycles. The summed E-state index contributed by atoms with van der Waals surface area (Å²) in [6, 6.07) is 15.5. The van der Waals surface area contributed by atoms with Gasteiger partial charge in [0.1, 0.15) is 0 Å². The number of methoxy groups -OCH3 is 1. The Hall–Kier alpha value is -2.81. The summed E-state index contributed by atoms with van der Waals surface area (Å²) in [6.07, 6.45) is 1.33. The van der Waals surface area contributed by atoms with Crippen LogP contribution in [0.5, 0.6) is 11.5 Å². The molecule has 5 N–H and O–H groups in total. The predicted octanol–water partition coefficient (Wildman–Crippen LogP) is 1.19. The van der Waals surface area contributed by atoms with E-state index in [1.165, 1.54) is 12.7 Å². The van der Waals surface area contributed by atoms with Crippen molar-refractivity contribution in [2.45, 2.75) is 12.8 Å². The van der Waals surface area contributed by atoms with E-state index >= 15 is 0 Å². The maximum atomic E-state index is 12.4. The van der Waals surface area contributed by atoms with Gasteiger partial charge in [0.05, 0.1) is 13.8 Å². The highest BCUT2D eigenvalue weighted by atomic mass is 16.5. The van der Waals surface area contributed by atoms with E-state index in [0.29, 0.717) is 25.3 Å². The molecule has 1 heterocycles. The molecule has 30 heavy (non-hydrogen) atoms. The lowest BCUT2D eigenvalue weighted by atomic mass is 10.1. The van der Waals surface area contributed by atoms with Gasteiger partial charge in [0, 0.05) is 51.5 Å².